The molecule has 0 saturated heterocycles. The van der Waals surface area contributed by atoms with Gasteiger partial charge in [0.1, 0.15) is 5.69 Å². The van der Waals surface area contributed by atoms with E-state index in [9.17, 15) is 4.79 Å². The minimum absolute atomic E-state index is 0.0848. The van der Waals surface area contributed by atoms with Crippen molar-refractivity contribution in [3.05, 3.63) is 27.3 Å². The van der Waals surface area contributed by atoms with Crippen LogP contribution in [-0.2, 0) is 13.1 Å². The molecule has 0 radical (unpaired) electrons. The maximum Gasteiger partial charge on any atom is 0.266 e. The first kappa shape index (κ1) is 14.6. The SMILES string of the molecule is CCCCn1nc(-c2n[nH]c(=S)n2CCC)ccc1=O. The van der Waals surface area contributed by atoms with Crippen LogP contribution in [-0.4, -0.2) is 24.5 Å². The number of H-pyrrole nitrogens is 1. The van der Waals surface area contributed by atoms with Gasteiger partial charge in [-0.15, -0.1) is 0 Å². The van der Waals surface area contributed by atoms with Crippen LogP contribution in [0.15, 0.2) is 16.9 Å². The van der Waals surface area contributed by atoms with Gasteiger partial charge in [-0.2, -0.15) is 10.2 Å². The van der Waals surface area contributed by atoms with Crippen LogP contribution >= 0.6 is 12.2 Å². The fourth-order valence-corrected chi connectivity index (χ4v) is 2.20. The summed E-state index contributed by atoms with van der Waals surface area (Å²) >= 11 is 5.22. The molecular weight excluding hydrogens is 274 g/mol. The molecule has 20 heavy (non-hydrogen) atoms. The monoisotopic (exact) mass is 293 g/mol. The van der Waals surface area contributed by atoms with Crippen LogP contribution < -0.4 is 5.56 Å². The van der Waals surface area contributed by atoms with E-state index in [2.05, 4.69) is 29.1 Å². The molecule has 2 heterocycles. The van der Waals surface area contributed by atoms with Gasteiger partial charge in [0.15, 0.2) is 10.6 Å². The second kappa shape index (κ2) is 6.60. The van der Waals surface area contributed by atoms with Crippen LogP contribution in [0, 0.1) is 4.77 Å². The molecule has 0 aliphatic rings. The first-order valence-corrected chi connectivity index (χ1v) is 7.32. The highest BCUT2D eigenvalue weighted by molar-refractivity contribution is 7.71. The molecule has 1 N–H and O–H groups in total. The van der Waals surface area contributed by atoms with Gasteiger partial charge < -0.3 is 0 Å². The van der Waals surface area contributed by atoms with Gasteiger partial charge in [-0.1, -0.05) is 20.3 Å². The lowest BCUT2D eigenvalue weighted by atomic mass is 10.3. The number of nitrogens with zero attached hydrogens (tertiary/aromatic N) is 4. The molecule has 0 spiro atoms. The molecule has 0 bridgehead atoms. The summed E-state index contributed by atoms with van der Waals surface area (Å²) < 4.78 is 3.98. The Labute approximate surface area is 122 Å². The number of hydrogen-bond acceptors (Lipinski definition) is 4. The van der Waals surface area contributed by atoms with Crippen LogP contribution in [0.25, 0.3) is 11.5 Å². The lowest BCUT2D eigenvalue weighted by Crippen LogP contribution is -2.22. The fraction of sp³-hybridized carbons (Fsp3) is 0.538. The molecule has 2 rings (SSSR count). The van der Waals surface area contributed by atoms with Crippen molar-refractivity contribution in [2.24, 2.45) is 0 Å². The summed E-state index contributed by atoms with van der Waals surface area (Å²) in [6.07, 6.45) is 2.90. The van der Waals surface area contributed by atoms with Gasteiger partial charge in [0, 0.05) is 19.2 Å². The molecule has 2 aromatic heterocycles. The van der Waals surface area contributed by atoms with Gasteiger partial charge in [-0.25, -0.2) is 4.68 Å². The van der Waals surface area contributed by atoms with Crippen molar-refractivity contribution in [1.29, 1.82) is 0 Å². The van der Waals surface area contributed by atoms with Crippen LogP contribution in [0.5, 0.6) is 0 Å². The van der Waals surface area contributed by atoms with E-state index in [4.69, 9.17) is 12.2 Å². The predicted molar refractivity (Wildman–Crippen MR) is 80.1 cm³/mol. The average molecular weight is 293 g/mol. The number of aromatic amines is 1. The van der Waals surface area contributed by atoms with E-state index in [0.717, 1.165) is 25.8 Å². The minimum Gasteiger partial charge on any atom is -0.299 e. The quantitative estimate of drug-likeness (QED) is 0.830. The average Bonchev–Trinajstić information content (AvgIpc) is 2.80. The molecule has 6 nitrogen and oxygen atoms in total. The van der Waals surface area contributed by atoms with Gasteiger partial charge in [-0.05, 0) is 31.1 Å². The lowest BCUT2D eigenvalue weighted by molar-refractivity contribution is 0.543. The Morgan fingerprint density at radius 1 is 1.25 bits per heavy atom. The summed E-state index contributed by atoms with van der Waals surface area (Å²) in [5, 5.41) is 11.4. The van der Waals surface area contributed by atoms with Crippen molar-refractivity contribution in [3.8, 4) is 11.5 Å². The van der Waals surface area contributed by atoms with E-state index in [1.54, 1.807) is 6.07 Å². The van der Waals surface area contributed by atoms with Crippen LogP contribution in [0.2, 0.25) is 0 Å². The summed E-state index contributed by atoms with van der Waals surface area (Å²) in [5.74, 6) is 0.682. The number of aryl methyl sites for hydroxylation is 1. The summed E-state index contributed by atoms with van der Waals surface area (Å²) in [6, 6.07) is 3.23. The topological polar surface area (TPSA) is 68.5 Å². The number of aromatic nitrogens is 5. The highest BCUT2D eigenvalue weighted by Crippen LogP contribution is 2.13. The molecule has 108 valence electrons. The van der Waals surface area contributed by atoms with Crippen molar-refractivity contribution >= 4 is 12.2 Å². The first-order valence-electron chi connectivity index (χ1n) is 6.91. The third kappa shape index (κ3) is 3.04. The Morgan fingerprint density at radius 3 is 2.75 bits per heavy atom. The van der Waals surface area contributed by atoms with Gasteiger partial charge in [0.05, 0.1) is 0 Å². The standard InChI is InChI=1S/C13H19N5OS/c1-3-5-9-18-11(19)7-6-10(16-18)12-14-15-13(20)17(12)8-4-2/h6-7H,3-5,8-9H2,1-2H3,(H,15,20). The van der Waals surface area contributed by atoms with Crippen LogP contribution in [0.3, 0.4) is 0 Å². The van der Waals surface area contributed by atoms with Gasteiger partial charge in [-0.3, -0.25) is 14.5 Å². The Hall–Kier alpha value is -1.76. The van der Waals surface area contributed by atoms with E-state index in [1.165, 1.54) is 10.7 Å². The molecule has 0 unspecified atom stereocenters. The lowest BCUT2D eigenvalue weighted by Gasteiger charge is -2.07. The van der Waals surface area contributed by atoms with Crippen LogP contribution in [0.1, 0.15) is 33.1 Å². The first-order chi connectivity index (χ1) is 9.67. The normalized spacial score (nSPS) is 10.9. The van der Waals surface area contributed by atoms with E-state index >= 15 is 0 Å². The molecule has 0 fully saturated rings. The smallest absolute Gasteiger partial charge is 0.266 e. The highest BCUT2D eigenvalue weighted by atomic mass is 32.1. The molecule has 0 amide bonds. The number of unbranched alkanes of at least 4 members (excludes halogenated alkanes) is 1. The Kier molecular flexibility index (Phi) is 4.84. The van der Waals surface area contributed by atoms with Gasteiger partial charge in [0.25, 0.3) is 5.56 Å². The zero-order chi connectivity index (χ0) is 14.5. The van der Waals surface area contributed by atoms with Crippen molar-refractivity contribution in [3.63, 3.8) is 0 Å². The van der Waals surface area contributed by atoms with Crippen molar-refractivity contribution in [1.82, 2.24) is 24.5 Å². The maximum absolute atomic E-state index is 11.8. The largest absolute Gasteiger partial charge is 0.299 e. The molecule has 0 aliphatic heterocycles. The molecular formula is C13H19N5OS. The van der Waals surface area contributed by atoms with Gasteiger partial charge >= 0.3 is 0 Å². The van der Waals surface area contributed by atoms with E-state index in [-0.39, 0.29) is 5.56 Å². The summed E-state index contributed by atoms with van der Waals surface area (Å²) in [4.78, 5) is 11.8. The zero-order valence-electron chi connectivity index (χ0n) is 11.8. The van der Waals surface area contributed by atoms with Crippen molar-refractivity contribution in [2.45, 2.75) is 46.2 Å². The Morgan fingerprint density at radius 2 is 2.05 bits per heavy atom. The summed E-state index contributed by atoms with van der Waals surface area (Å²) in [6.45, 7) is 5.57. The molecule has 2 aromatic rings. The maximum atomic E-state index is 11.8. The summed E-state index contributed by atoms with van der Waals surface area (Å²) in [7, 11) is 0. The molecule has 0 saturated carbocycles. The van der Waals surface area contributed by atoms with Crippen molar-refractivity contribution < 1.29 is 0 Å². The molecule has 0 atom stereocenters. The second-order valence-electron chi connectivity index (χ2n) is 4.64. The van der Waals surface area contributed by atoms with E-state index < -0.39 is 0 Å². The number of hydrogen-bond donors (Lipinski definition) is 1. The fourth-order valence-electron chi connectivity index (χ4n) is 1.98. The Balaban J connectivity index is 2.43. The predicted octanol–water partition coefficient (Wildman–Crippen LogP) is 2.37. The third-order valence-corrected chi connectivity index (χ3v) is 3.34. The highest BCUT2D eigenvalue weighted by Gasteiger charge is 2.11. The zero-order valence-corrected chi connectivity index (χ0v) is 12.6. The summed E-state index contributed by atoms with van der Waals surface area (Å²) in [5.41, 5.74) is 0.583. The molecule has 0 aliphatic carbocycles. The molecule has 7 heteroatoms. The number of nitrogens with one attached hydrogen (secondary N) is 1. The van der Waals surface area contributed by atoms with E-state index in [1.807, 2.05) is 4.57 Å². The van der Waals surface area contributed by atoms with Crippen LogP contribution in [0.4, 0.5) is 0 Å². The minimum atomic E-state index is -0.0848. The van der Waals surface area contributed by atoms with Crippen molar-refractivity contribution in [2.75, 3.05) is 0 Å². The van der Waals surface area contributed by atoms with E-state index in [0.29, 0.717) is 22.8 Å². The Bertz CT molecular complexity index is 685. The third-order valence-electron chi connectivity index (χ3n) is 3.02. The number of rotatable bonds is 6. The van der Waals surface area contributed by atoms with Gasteiger partial charge in [0.2, 0.25) is 0 Å². The second-order valence-corrected chi connectivity index (χ2v) is 5.02. The molecule has 0 aromatic carbocycles.